The van der Waals surface area contributed by atoms with Crippen molar-refractivity contribution >= 4 is 8.56 Å². The molecule has 0 N–H and O–H groups in total. The summed E-state index contributed by atoms with van der Waals surface area (Å²) in [6.07, 6.45) is 29.1. The lowest BCUT2D eigenvalue weighted by Crippen LogP contribution is -2.35. The third kappa shape index (κ3) is 24.4. The monoisotopic (exact) mass is 442 g/mol. The Bertz CT molecular complexity index is 320. The minimum absolute atomic E-state index is 0.895. The summed E-state index contributed by atoms with van der Waals surface area (Å²) in [6, 6.07) is 0. The van der Waals surface area contributed by atoms with Crippen molar-refractivity contribution in [3.05, 3.63) is 0 Å². The maximum absolute atomic E-state index is 6.11. The van der Waals surface area contributed by atoms with Crippen molar-refractivity contribution in [2.24, 2.45) is 0 Å². The standard InChI is InChI=1S/C27H58O2Si/c1-5-7-9-11-13-14-15-16-17-18-19-21-23-25-27-29-30(3,4)28-26-24-22-20-12-10-8-6-2/h5-27H2,1-4H3. The molecule has 0 spiro atoms. The lowest BCUT2D eigenvalue weighted by Gasteiger charge is -2.23. The summed E-state index contributed by atoms with van der Waals surface area (Å²) in [7, 11) is -1.89. The summed E-state index contributed by atoms with van der Waals surface area (Å²) < 4.78 is 12.2. The van der Waals surface area contributed by atoms with Crippen LogP contribution in [0, 0.1) is 0 Å². The largest absolute Gasteiger partial charge is 0.395 e. The van der Waals surface area contributed by atoms with Crippen LogP contribution in [0.2, 0.25) is 13.1 Å². The van der Waals surface area contributed by atoms with Gasteiger partial charge in [-0.3, -0.25) is 0 Å². The lowest BCUT2D eigenvalue weighted by molar-refractivity contribution is 0.172. The van der Waals surface area contributed by atoms with Crippen molar-refractivity contribution in [3.8, 4) is 0 Å². The molecule has 0 fully saturated rings. The molecular weight excluding hydrogens is 384 g/mol. The molecule has 3 heteroatoms. The van der Waals surface area contributed by atoms with Gasteiger partial charge in [-0.2, -0.15) is 0 Å². The summed E-state index contributed by atoms with van der Waals surface area (Å²) in [5, 5.41) is 0. The van der Waals surface area contributed by atoms with Crippen LogP contribution in [0.4, 0.5) is 0 Å². The average molecular weight is 443 g/mol. The fraction of sp³-hybridized carbons (Fsp3) is 1.00. The quantitative estimate of drug-likeness (QED) is 0.103. The van der Waals surface area contributed by atoms with Crippen molar-refractivity contribution in [1.82, 2.24) is 0 Å². The van der Waals surface area contributed by atoms with Gasteiger partial charge >= 0.3 is 8.56 Å². The molecule has 0 rings (SSSR count). The minimum atomic E-state index is -1.89. The fourth-order valence-corrected chi connectivity index (χ4v) is 5.39. The molecule has 0 atom stereocenters. The number of rotatable bonds is 25. The van der Waals surface area contributed by atoms with Gasteiger partial charge in [-0.15, -0.1) is 0 Å². The molecule has 0 bridgehead atoms. The molecule has 0 radical (unpaired) electrons. The Morgan fingerprint density at radius 3 is 0.867 bits per heavy atom. The average Bonchev–Trinajstić information content (AvgIpc) is 2.72. The van der Waals surface area contributed by atoms with Crippen LogP contribution in [0.5, 0.6) is 0 Å². The van der Waals surface area contributed by atoms with Crippen LogP contribution in [0.1, 0.15) is 149 Å². The summed E-state index contributed by atoms with van der Waals surface area (Å²) in [6.45, 7) is 10.8. The SMILES string of the molecule is CCCCCCCCCCCCCCCCO[Si](C)(C)OCCCCCCCCC. The maximum Gasteiger partial charge on any atom is 0.331 e. The van der Waals surface area contributed by atoms with Gasteiger partial charge in [0.2, 0.25) is 0 Å². The molecule has 0 heterocycles. The minimum Gasteiger partial charge on any atom is -0.395 e. The van der Waals surface area contributed by atoms with Crippen LogP contribution < -0.4 is 0 Å². The third-order valence-electron chi connectivity index (χ3n) is 6.15. The van der Waals surface area contributed by atoms with E-state index in [2.05, 4.69) is 26.9 Å². The molecular formula is C27H58O2Si. The molecule has 0 saturated heterocycles. The highest BCUT2D eigenvalue weighted by molar-refractivity contribution is 6.64. The van der Waals surface area contributed by atoms with E-state index in [-0.39, 0.29) is 0 Å². The molecule has 0 amide bonds. The van der Waals surface area contributed by atoms with Gasteiger partial charge < -0.3 is 8.85 Å². The van der Waals surface area contributed by atoms with Gasteiger partial charge in [0.15, 0.2) is 0 Å². The fourth-order valence-electron chi connectivity index (χ4n) is 4.03. The van der Waals surface area contributed by atoms with Crippen molar-refractivity contribution in [2.75, 3.05) is 13.2 Å². The lowest BCUT2D eigenvalue weighted by atomic mass is 10.0. The molecule has 30 heavy (non-hydrogen) atoms. The van der Waals surface area contributed by atoms with Gasteiger partial charge in [0.05, 0.1) is 0 Å². The first-order valence-electron chi connectivity index (χ1n) is 13.9. The van der Waals surface area contributed by atoms with E-state index in [0.29, 0.717) is 0 Å². The second kappa shape index (κ2) is 23.8. The van der Waals surface area contributed by atoms with Crippen molar-refractivity contribution in [2.45, 2.75) is 162 Å². The Hall–Kier alpha value is 0.137. The highest BCUT2D eigenvalue weighted by Gasteiger charge is 2.23. The predicted molar refractivity (Wildman–Crippen MR) is 138 cm³/mol. The Morgan fingerprint density at radius 1 is 0.367 bits per heavy atom. The third-order valence-corrected chi connectivity index (χ3v) is 7.94. The highest BCUT2D eigenvalue weighted by Crippen LogP contribution is 2.14. The molecule has 0 aliphatic heterocycles. The molecule has 0 aliphatic carbocycles. The summed E-state index contributed by atoms with van der Waals surface area (Å²) in [5.74, 6) is 0. The van der Waals surface area contributed by atoms with Gasteiger partial charge in [0.1, 0.15) is 0 Å². The smallest absolute Gasteiger partial charge is 0.331 e. The van der Waals surface area contributed by atoms with Crippen molar-refractivity contribution in [1.29, 1.82) is 0 Å². The summed E-state index contributed by atoms with van der Waals surface area (Å²) in [5.41, 5.74) is 0. The van der Waals surface area contributed by atoms with E-state index >= 15 is 0 Å². The number of hydrogen-bond donors (Lipinski definition) is 0. The second-order valence-corrected chi connectivity index (χ2v) is 13.2. The van der Waals surface area contributed by atoms with Crippen LogP contribution in [-0.2, 0) is 8.85 Å². The Kier molecular flexibility index (Phi) is 23.9. The van der Waals surface area contributed by atoms with Gasteiger partial charge in [-0.05, 0) is 25.9 Å². The Morgan fingerprint density at radius 2 is 0.600 bits per heavy atom. The second-order valence-electron chi connectivity index (χ2n) is 9.81. The molecule has 0 aromatic rings. The molecule has 0 unspecified atom stereocenters. The zero-order valence-corrected chi connectivity index (χ0v) is 22.6. The number of unbranched alkanes of at least 4 members (excludes halogenated alkanes) is 19. The Labute approximate surface area is 192 Å². The molecule has 0 aromatic carbocycles. The van der Waals surface area contributed by atoms with Crippen LogP contribution in [-0.4, -0.2) is 21.8 Å². The van der Waals surface area contributed by atoms with Gasteiger partial charge in [0.25, 0.3) is 0 Å². The van der Waals surface area contributed by atoms with E-state index < -0.39 is 8.56 Å². The first-order valence-corrected chi connectivity index (χ1v) is 16.7. The molecule has 0 aromatic heterocycles. The maximum atomic E-state index is 6.11. The molecule has 2 nitrogen and oxygen atoms in total. The Balaban J connectivity index is 3.26. The van der Waals surface area contributed by atoms with E-state index in [1.54, 1.807) is 0 Å². The van der Waals surface area contributed by atoms with Crippen LogP contribution in [0.3, 0.4) is 0 Å². The van der Waals surface area contributed by atoms with E-state index in [9.17, 15) is 0 Å². The first kappa shape index (κ1) is 30.1. The van der Waals surface area contributed by atoms with E-state index in [1.165, 1.54) is 135 Å². The van der Waals surface area contributed by atoms with E-state index in [1.807, 2.05) is 0 Å². The van der Waals surface area contributed by atoms with Crippen LogP contribution >= 0.6 is 0 Å². The van der Waals surface area contributed by atoms with Crippen molar-refractivity contribution < 1.29 is 8.85 Å². The van der Waals surface area contributed by atoms with Gasteiger partial charge in [-0.25, -0.2) is 0 Å². The zero-order chi connectivity index (χ0) is 22.2. The molecule has 182 valence electrons. The predicted octanol–water partition coefficient (Wildman–Crippen LogP) is 9.95. The zero-order valence-electron chi connectivity index (χ0n) is 21.6. The van der Waals surface area contributed by atoms with Gasteiger partial charge in [-0.1, -0.05) is 136 Å². The topological polar surface area (TPSA) is 18.5 Å². The molecule has 0 aliphatic rings. The van der Waals surface area contributed by atoms with Crippen LogP contribution in [0.15, 0.2) is 0 Å². The normalized spacial score (nSPS) is 12.0. The first-order chi connectivity index (χ1) is 14.6. The summed E-state index contributed by atoms with van der Waals surface area (Å²) in [4.78, 5) is 0. The van der Waals surface area contributed by atoms with Crippen molar-refractivity contribution in [3.63, 3.8) is 0 Å². The van der Waals surface area contributed by atoms with E-state index in [0.717, 1.165) is 13.2 Å². The number of hydrogen-bond acceptors (Lipinski definition) is 2. The molecule has 0 saturated carbocycles. The highest BCUT2D eigenvalue weighted by atomic mass is 28.4. The van der Waals surface area contributed by atoms with E-state index in [4.69, 9.17) is 8.85 Å². The van der Waals surface area contributed by atoms with Crippen LogP contribution in [0.25, 0.3) is 0 Å². The van der Waals surface area contributed by atoms with Gasteiger partial charge in [0, 0.05) is 13.2 Å². The summed E-state index contributed by atoms with van der Waals surface area (Å²) >= 11 is 0.